The number of hydrogen-bond donors (Lipinski definition) is 1. The first kappa shape index (κ1) is 15.7. The second kappa shape index (κ2) is 6.85. The summed E-state index contributed by atoms with van der Waals surface area (Å²) in [4.78, 5) is 25.6. The van der Waals surface area contributed by atoms with Gasteiger partial charge < -0.3 is 10.2 Å². The lowest BCUT2D eigenvalue weighted by molar-refractivity contribution is -0.115. The Hall–Kier alpha value is -2.69. The molecule has 22 heavy (non-hydrogen) atoms. The number of para-hydroxylation sites is 1. The third-order valence-electron chi connectivity index (χ3n) is 3.12. The summed E-state index contributed by atoms with van der Waals surface area (Å²) in [5.41, 5.74) is 1.60. The third kappa shape index (κ3) is 3.91. The molecule has 0 saturated carbocycles. The molecule has 0 aliphatic rings. The highest BCUT2D eigenvalue weighted by atomic mass is 19.1. The zero-order valence-corrected chi connectivity index (χ0v) is 12.5. The fraction of sp³-hybridized carbons (Fsp3) is 0.176. The first-order valence-electron chi connectivity index (χ1n) is 6.82. The van der Waals surface area contributed by atoms with Crippen LogP contribution in [0.1, 0.15) is 15.9 Å². The topological polar surface area (TPSA) is 49.4 Å². The maximum absolute atomic E-state index is 12.8. The Bertz CT molecular complexity index is 681. The number of nitrogens with zero attached hydrogens (tertiary/aromatic N) is 1. The van der Waals surface area contributed by atoms with Gasteiger partial charge in [-0.3, -0.25) is 9.59 Å². The quantitative estimate of drug-likeness (QED) is 0.944. The van der Waals surface area contributed by atoms with Crippen LogP contribution in [-0.4, -0.2) is 30.8 Å². The van der Waals surface area contributed by atoms with Crippen LogP contribution < -0.4 is 5.32 Å². The maximum Gasteiger partial charge on any atom is 0.255 e. The molecule has 4 nitrogen and oxygen atoms in total. The average molecular weight is 300 g/mol. The second-order valence-corrected chi connectivity index (χ2v) is 5.10. The summed E-state index contributed by atoms with van der Waals surface area (Å²) in [5, 5.41) is 2.73. The Morgan fingerprint density at radius 1 is 1.05 bits per heavy atom. The van der Waals surface area contributed by atoms with Crippen LogP contribution in [-0.2, 0) is 11.2 Å². The van der Waals surface area contributed by atoms with Gasteiger partial charge in [-0.15, -0.1) is 0 Å². The van der Waals surface area contributed by atoms with E-state index in [1.165, 1.54) is 17.0 Å². The standard InChI is InChI=1S/C17H17FN2O2/c1-20(2)17(22)14-5-3-4-6-15(14)19-16(21)11-12-7-9-13(18)10-8-12/h3-10H,11H2,1-2H3,(H,19,21). The van der Waals surface area contributed by atoms with Crippen LogP contribution >= 0.6 is 0 Å². The van der Waals surface area contributed by atoms with E-state index >= 15 is 0 Å². The van der Waals surface area contributed by atoms with Crippen LogP contribution in [0.2, 0.25) is 0 Å². The molecule has 2 amide bonds. The molecule has 0 saturated heterocycles. The van der Waals surface area contributed by atoms with Crippen molar-refractivity contribution in [3.63, 3.8) is 0 Å². The molecule has 0 bridgehead atoms. The van der Waals surface area contributed by atoms with Gasteiger partial charge in [0.05, 0.1) is 17.7 Å². The highest BCUT2D eigenvalue weighted by Gasteiger charge is 2.14. The first-order valence-corrected chi connectivity index (χ1v) is 6.82. The zero-order chi connectivity index (χ0) is 16.1. The number of nitrogens with one attached hydrogen (secondary N) is 1. The summed E-state index contributed by atoms with van der Waals surface area (Å²) >= 11 is 0. The van der Waals surface area contributed by atoms with Crippen molar-refractivity contribution in [3.05, 3.63) is 65.5 Å². The van der Waals surface area contributed by atoms with E-state index in [9.17, 15) is 14.0 Å². The number of benzene rings is 2. The molecule has 0 aliphatic heterocycles. The number of hydrogen-bond acceptors (Lipinski definition) is 2. The summed E-state index contributed by atoms with van der Waals surface area (Å²) in [7, 11) is 3.30. The maximum atomic E-state index is 12.8. The van der Waals surface area contributed by atoms with Gasteiger partial charge in [-0.25, -0.2) is 4.39 Å². The minimum absolute atomic E-state index is 0.116. The third-order valence-corrected chi connectivity index (χ3v) is 3.12. The van der Waals surface area contributed by atoms with Crippen LogP contribution in [0, 0.1) is 5.82 Å². The lowest BCUT2D eigenvalue weighted by Gasteiger charge is -2.14. The predicted octanol–water partition coefficient (Wildman–Crippen LogP) is 2.71. The van der Waals surface area contributed by atoms with Gasteiger partial charge in [0.25, 0.3) is 5.91 Å². The zero-order valence-electron chi connectivity index (χ0n) is 12.5. The lowest BCUT2D eigenvalue weighted by atomic mass is 10.1. The van der Waals surface area contributed by atoms with Crippen molar-refractivity contribution in [3.8, 4) is 0 Å². The molecule has 0 fully saturated rings. The van der Waals surface area contributed by atoms with Gasteiger partial charge in [0, 0.05) is 14.1 Å². The summed E-state index contributed by atoms with van der Waals surface area (Å²) in [5.74, 6) is -0.783. The summed E-state index contributed by atoms with van der Waals surface area (Å²) in [6.45, 7) is 0. The van der Waals surface area contributed by atoms with Crippen molar-refractivity contribution in [1.82, 2.24) is 4.90 Å². The van der Waals surface area contributed by atoms with E-state index in [0.717, 1.165) is 0 Å². The van der Waals surface area contributed by atoms with Gasteiger partial charge in [-0.2, -0.15) is 0 Å². The second-order valence-electron chi connectivity index (χ2n) is 5.10. The molecule has 0 spiro atoms. The molecule has 0 unspecified atom stereocenters. The minimum Gasteiger partial charge on any atom is -0.345 e. The van der Waals surface area contributed by atoms with Crippen molar-refractivity contribution in [2.75, 3.05) is 19.4 Å². The van der Waals surface area contributed by atoms with Crippen LogP contribution in [0.15, 0.2) is 48.5 Å². The van der Waals surface area contributed by atoms with Crippen LogP contribution in [0.3, 0.4) is 0 Å². The smallest absolute Gasteiger partial charge is 0.255 e. The molecule has 1 N–H and O–H groups in total. The van der Waals surface area contributed by atoms with Gasteiger partial charge in [0.1, 0.15) is 5.82 Å². The Morgan fingerprint density at radius 3 is 2.32 bits per heavy atom. The normalized spacial score (nSPS) is 10.1. The molecule has 0 aromatic heterocycles. The summed E-state index contributed by atoms with van der Waals surface area (Å²) in [6, 6.07) is 12.6. The van der Waals surface area contributed by atoms with Gasteiger partial charge in [0.15, 0.2) is 0 Å². The van der Waals surface area contributed by atoms with E-state index in [0.29, 0.717) is 16.8 Å². The highest BCUT2D eigenvalue weighted by molar-refractivity contribution is 6.03. The number of anilines is 1. The van der Waals surface area contributed by atoms with E-state index in [-0.39, 0.29) is 24.1 Å². The highest BCUT2D eigenvalue weighted by Crippen LogP contribution is 2.17. The number of halogens is 1. The van der Waals surface area contributed by atoms with Crippen molar-refractivity contribution in [2.45, 2.75) is 6.42 Å². The molecule has 0 atom stereocenters. The molecule has 0 aliphatic carbocycles. The SMILES string of the molecule is CN(C)C(=O)c1ccccc1NC(=O)Cc1ccc(F)cc1. The molecule has 0 heterocycles. The molecule has 0 radical (unpaired) electrons. The average Bonchev–Trinajstić information content (AvgIpc) is 2.49. The monoisotopic (exact) mass is 300 g/mol. The Labute approximate surface area is 128 Å². The van der Waals surface area contributed by atoms with E-state index in [4.69, 9.17) is 0 Å². The molecule has 114 valence electrons. The van der Waals surface area contributed by atoms with Gasteiger partial charge in [-0.1, -0.05) is 24.3 Å². The van der Waals surface area contributed by atoms with E-state index in [1.807, 2.05) is 0 Å². The largest absolute Gasteiger partial charge is 0.345 e. The Morgan fingerprint density at radius 2 is 1.68 bits per heavy atom. The van der Waals surface area contributed by atoms with Crippen LogP contribution in [0.4, 0.5) is 10.1 Å². The predicted molar refractivity (Wildman–Crippen MR) is 83.2 cm³/mol. The summed E-state index contributed by atoms with van der Waals surface area (Å²) in [6.07, 6.45) is 0.116. The van der Waals surface area contributed by atoms with Crippen molar-refractivity contribution in [2.24, 2.45) is 0 Å². The molecule has 5 heteroatoms. The van der Waals surface area contributed by atoms with E-state index in [2.05, 4.69) is 5.32 Å². The first-order chi connectivity index (χ1) is 10.5. The van der Waals surface area contributed by atoms with Gasteiger partial charge in [-0.05, 0) is 29.8 Å². The van der Waals surface area contributed by atoms with Crippen LogP contribution in [0.25, 0.3) is 0 Å². The van der Waals surface area contributed by atoms with Gasteiger partial charge in [0.2, 0.25) is 5.91 Å². The van der Waals surface area contributed by atoms with Crippen molar-refractivity contribution in [1.29, 1.82) is 0 Å². The van der Waals surface area contributed by atoms with E-state index in [1.54, 1.807) is 50.5 Å². The lowest BCUT2D eigenvalue weighted by Crippen LogP contribution is -2.24. The molecule has 2 aromatic carbocycles. The van der Waals surface area contributed by atoms with Crippen LogP contribution in [0.5, 0.6) is 0 Å². The van der Waals surface area contributed by atoms with Gasteiger partial charge >= 0.3 is 0 Å². The summed E-state index contributed by atoms with van der Waals surface area (Å²) < 4.78 is 12.8. The fourth-order valence-corrected chi connectivity index (χ4v) is 2.00. The molecular weight excluding hydrogens is 283 g/mol. The van der Waals surface area contributed by atoms with Crippen molar-refractivity contribution < 1.29 is 14.0 Å². The number of amides is 2. The van der Waals surface area contributed by atoms with E-state index < -0.39 is 0 Å². The molecule has 2 rings (SSSR count). The van der Waals surface area contributed by atoms with Crippen molar-refractivity contribution >= 4 is 17.5 Å². The molecule has 2 aromatic rings. The number of carbonyl (C=O) groups is 2. The molecular formula is C17H17FN2O2. The fourth-order valence-electron chi connectivity index (χ4n) is 2.00. The Kier molecular flexibility index (Phi) is 4.88. The Balaban J connectivity index is 2.12. The number of rotatable bonds is 4. The number of carbonyl (C=O) groups excluding carboxylic acids is 2. The minimum atomic E-state index is -0.342.